The normalized spacial score (nSPS) is 23.4. The molecule has 0 bridgehead atoms. The molecule has 1 saturated heterocycles. The van der Waals surface area contributed by atoms with Crippen LogP contribution in [0.4, 0.5) is 13.2 Å². The Hall–Kier alpha value is -1.51. The molecule has 0 radical (unpaired) electrons. The molecule has 2 aromatic heterocycles. The first kappa shape index (κ1) is 22.7. The summed E-state index contributed by atoms with van der Waals surface area (Å²) in [5.74, 6) is 0. The van der Waals surface area contributed by atoms with Gasteiger partial charge in [0.05, 0.1) is 5.60 Å². The third-order valence-electron chi connectivity index (χ3n) is 6.65. The summed E-state index contributed by atoms with van der Waals surface area (Å²) in [6.07, 6.45) is 6.15. The Morgan fingerprint density at radius 3 is 2.61 bits per heavy atom. The van der Waals surface area contributed by atoms with E-state index in [1.54, 1.807) is 0 Å². The van der Waals surface area contributed by atoms with Gasteiger partial charge >= 0.3 is 6.18 Å². The maximum Gasteiger partial charge on any atom is 0.434 e. The van der Waals surface area contributed by atoms with Gasteiger partial charge < -0.3 is 10.1 Å². The second-order valence-electron chi connectivity index (χ2n) is 8.76. The maximum absolute atomic E-state index is 12.9. The Bertz CT molecular complexity index is 887. The Labute approximate surface area is 189 Å². The molecule has 1 N–H and O–H groups in total. The molecule has 2 fully saturated rings. The van der Waals surface area contributed by atoms with Crippen LogP contribution in [0, 0.1) is 0 Å². The molecule has 4 rings (SSSR count). The summed E-state index contributed by atoms with van der Waals surface area (Å²) in [4.78, 5) is 8.29. The molecule has 2 aliphatic rings. The highest BCUT2D eigenvalue weighted by molar-refractivity contribution is 9.10. The van der Waals surface area contributed by atoms with E-state index in [9.17, 15) is 13.2 Å². The number of halogens is 4. The summed E-state index contributed by atoms with van der Waals surface area (Å²) >= 11 is 3.00. The summed E-state index contributed by atoms with van der Waals surface area (Å²) in [7, 11) is 0. The van der Waals surface area contributed by atoms with Crippen molar-refractivity contribution in [1.82, 2.24) is 15.3 Å². The van der Waals surface area contributed by atoms with Crippen LogP contribution >= 0.6 is 15.9 Å². The molecule has 8 heteroatoms. The fraction of sp³-hybridized carbons (Fsp3) is 0.565. The number of hydrogen-bond donors (Lipinski definition) is 1. The standard InChI is InChI=1S/C23H27BrF3N3O/c24-18-13-17(15-30-20(18)23(25,26)27)14-28-11-8-21(19-5-1-4-10-29-19)9-12-31-22(16-21)6-2-3-7-22/h1,4-5,10,13,15,28H,2-3,6-9,11-12,14,16H2/t21-/m0/s1. The molecule has 2 aromatic rings. The number of aromatic nitrogens is 2. The average molecular weight is 498 g/mol. The number of ether oxygens (including phenoxy) is 1. The van der Waals surface area contributed by atoms with E-state index < -0.39 is 11.9 Å². The number of hydrogen-bond acceptors (Lipinski definition) is 4. The summed E-state index contributed by atoms with van der Waals surface area (Å²) in [6.45, 7) is 1.95. The van der Waals surface area contributed by atoms with Crippen molar-refractivity contribution in [2.45, 2.75) is 68.7 Å². The van der Waals surface area contributed by atoms with Gasteiger partial charge in [0.1, 0.15) is 0 Å². The van der Waals surface area contributed by atoms with E-state index in [2.05, 4.69) is 32.3 Å². The first-order valence-corrected chi connectivity index (χ1v) is 11.6. The lowest BCUT2D eigenvalue weighted by Crippen LogP contribution is -2.47. The van der Waals surface area contributed by atoms with Crippen LogP contribution in [0.2, 0.25) is 0 Å². The van der Waals surface area contributed by atoms with Crippen LogP contribution in [-0.2, 0) is 22.9 Å². The molecule has 3 heterocycles. The second-order valence-corrected chi connectivity index (χ2v) is 9.61. The van der Waals surface area contributed by atoms with Crippen molar-refractivity contribution in [3.05, 3.63) is 58.1 Å². The minimum atomic E-state index is -4.46. The van der Waals surface area contributed by atoms with Gasteiger partial charge in [0, 0.05) is 41.1 Å². The third-order valence-corrected chi connectivity index (χ3v) is 7.25. The molecule has 1 spiro atoms. The van der Waals surface area contributed by atoms with Gasteiger partial charge in [-0.1, -0.05) is 18.9 Å². The van der Waals surface area contributed by atoms with Gasteiger partial charge in [-0.2, -0.15) is 13.2 Å². The van der Waals surface area contributed by atoms with E-state index in [0.717, 1.165) is 50.9 Å². The molecular weight excluding hydrogens is 471 g/mol. The van der Waals surface area contributed by atoms with Crippen LogP contribution in [0.15, 0.2) is 41.1 Å². The number of alkyl halides is 3. The Balaban J connectivity index is 1.42. The smallest absolute Gasteiger partial charge is 0.375 e. The highest BCUT2D eigenvalue weighted by atomic mass is 79.9. The monoisotopic (exact) mass is 497 g/mol. The number of nitrogens with zero attached hydrogens (tertiary/aromatic N) is 2. The minimum Gasteiger partial charge on any atom is -0.375 e. The van der Waals surface area contributed by atoms with Crippen molar-refractivity contribution in [3.8, 4) is 0 Å². The first-order valence-electron chi connectivity index (χ1n) is 10.8. The average Bonchev–Trinajstić information content (AvgIpc) is 3.18. The minimum absolute atomic E-state index is 0.0298. The molecule has 4 nitrogen and oxygen atoms in total. The van der Waals surface area contributed by atoms with Crippen molar-refractivity contribution in [2.75, 3.05) is 13.2 Å². The fourth-order valence-corrected chi connectivity index (χ4v) is 5.76. The lowest BCUT2D eigenvalue weighted by molar-refractivity contribution is -0.141. The molecular formula is C23H27BrF3N3O. The van der Waals surface area contributed by atoms with Crippen molar-refractivity contribution < 1.29 is 17.9 Å². The lowest BCUT2D eigenvalue weighted by Gasteiger charge is -2.46. The molecule has 0 unspecified atom stereocenters. The molecule has 1 atom stereocenters. The quantitative estimate of drug-likeness (QED) is 0.512. The number of nitrogens with one attached hydrogen (secondary N) is 1. The van der Waals surface area contributed by atoms with Gasteiger partial charge in [0.2, 0.25) is 0 Å². The van der Waals surface area contributed by atoms with Crippen molar-refractivity contribution in [2.24, 2.45) is 0 Å². The van der Waals surface area contributed by atoms with Gasteiger partial charge in [-0.05, 0) is 78.3 Å². The van der Waals surface area contributed by atoms with E-state index >= 15 is 0 Å². The molecule has 1 saturated carbocycles. The molecule has 1 aliphatic carbocycles. The highest BCUT2D eigenvalue weighted by Gasteiger charge is 2.48. The summed E-state index contributed by atoms with van der Waals surface area (Å²) < 4.78 is 44.9. The fourth-order valence-electron chi connectivity index (χ4n) is 5.14. The zero-order valence-electron chi connectivity index (χ0n) is 17.3. The zero-order valence-corrected chi connectivity index (χ0v) is 18.9. The van der Waals surface area contributed by atoms with E-state index in [1.165, 1.54) is 25.1 Å². The number of pyridine rings is 2. The molecule has 0 amide bonds. The van der Waals surface area contributed by atoms with Crippen LogP contribution in [0.1, 0.15) is 61.9 Å². The van der Waals surface area contributed by atoms with E-state index in [0.29, 0.717) is 12.1 Å². The first-order chi connectivity index (χ1) is 14.8. The highest BCUT2D eigenvalue weighted by Crippen LogP contribution is 2.49. The predicted molar refractivity (Wildman–Crippen MR) is 116 cm³/mol. The van der Waals surface area contributed by atoms with Gasteiger partial charge in [-0.25, -0.2) is 0 Å². The van der Waals surface area contributed by atoms with E-state index in [4.69, 9.17) is 9.72 Å². The Morgan fingerprint density at radius 1 is 1.13 bits per heavy atom. The molecule has 168 valence electrons. The zero-order chi connectivity index (χ0) is 22.0. The van der Waals surface area contributed by atoms with Crippen LogP contribution in [0.3, 0.4) is 0 Å². The maximum atomic E-state index is 12.9. The van der Waals surface area contributed by atoms with Crippen molar-refractivity contribution >= 4 is 15.9 Å². The predicted octanol–water partition coefficient (Wildman–Crippen LogP) is 5.80. The van der Waals surface area contributed by atoms with Crippen LogP contribution in [0.5, 0.6) is 0 Å². The largest absolute Gasteiger partial charge is 0.434 e. The molecule has 31 heavy (non-hydrogen) atoms. The summed E-state index contributed by atoms with van der Waals surface area (Å²) in [6, 6.07) is 7.58. The van der Waals surface area contributed by atoms with Gasteiger partial charge in [0.15, 0.2) is 5.69 Å². The SMILES string of the molecule is FC(F)(F)c1ncc(CNCC[C@]2(c3ccccn3)CCOC3(CCCC3)C2)cc1Br. The summed E-state index contributed by atoms with van der Waals surface area (Å²) in [5.41, 5.74) is 0.860. The number of rotatable bonds is 6. The van der Waals surface area contributed by atoms with Gasteiger partial charge in [-0.15, -0.1) is 0 Å². The molecule has 0 aromatic carbocycles. The van der Waals surface area contributed by atoms with Crippen molar-refractivity contribution in [3.63, 3.8) is 0 Å². The van der Waals surface area contributed by atoms with Crippen LogP contribution < -0.4 is 5.32 Å². The van der Waals surface area contributed by atoms with Gasteiger partial charge in [-0.3, -0.25) is 9.97 Å². The van der Waals surface area contributed by atoms with Crippen molar-refractivity contribution in [1.29, 1.82) is 0 Å². The van der Waals surface area contributed by atoms with Gasteiger partial charge in [0.25, 0.3) is 0 Å². The summed E-state index contributed by atoms with van der Waals surface area (Å²) in [5, 5.41) is 3.40. The molecule has 1 aliphatic heterocycles. The van der Waals surface area contributed by atoms with Crippen LogP contribution in [-0.4, -0.2) is 28.7 Å². The van der Waals surface area contributed by atoms with E-state index in [-0.39, 0.29) is 15.5 Å². The van der Waals surface area contributed by atoms with Crippen LogP contribution in [0.25, 0.3) is 0 Å². The Morgan fingerprint density at radius 2 is 1.94 bits per heavy atom. The van der Waals surface area contributed by atoms with E-state index in [1.807, 2.05) is 18.3 Å². The second kappa shape index (κ2) is 9.16. The lowest BCUT2D eigenvalue weighted by atomic mass is 9.68. The Kier molecular flexibility index (Phi) is 6.70. The third kappa shape index (κ3) is 5.12. The topological polar surface area (TPSA) is 47.0 Å².